The molecule has 0 aliphatic carbocycles. The maximum Gasteiger partial charge on any atom is 0.251 e. The van der Waals surface area contributed by atoms with E-state index in [1.807, 2.05) is 4.90 Å². The average Bonchev–Trinajstić information content (AvgIpc) is 2.68. The summed E-state index contributed by atoms with van der Waals surface area (Å²) in [4.78, 5) is 32.1. The molecule has 2 heterocycles. The van der Waals surface area contributed by atoms with E-state index < -0.39 is 6.10 Å². The van der Waals surface area contributed by atoms with Crippen molar-refractivity contribution in [2.75, 3.05) is 63.8 Å². The fraction of sp³-hybridized carbons (Fsp3) is 0.579. The number of amides is 2. The molecule has 7 nitrogen and oxygen atoms in total. The van der Waals surface area contributed by atoms with Crippen molar-refractivity contribution in [1.29, 1.82) is 0 Å². The summed E-state index contributed by atoms with van der Waals surface area (Å²) in [7, 11) is 0. The van der Waals surface area contributed by atoms with Crippen LogP contribution in [0.4, 0.5) is 10.1 Å². The van der Waals surface area contributed by atoms with Crippen LogP contribution in [0.2, 0.25) is 0 Å². The second-order valence-corrected chi connectivity index (χ2v) is 7.12. The van der Waals surface area contributed by atoms with Crippen LogP contribution in [0.25, 0.3) is 0 Å². The van der Waals surface area contributed by atoms with E-state index >= 15 is 0 Å². The Bertz CT molecular complexity index is 651. The fourth-order valence-electron chi connectivity index (χ4n) is 3.55. The largest absolute Gasteiger partial charge is 0.384 e. The van der Waals surface area contributed by atoms with E-state index in [-0.39, 0.29) is 17.6 Å². The van der Waals surface area contributed by atoms with Gasteiger partial charge in [-0.15, -0.1) is 0 Å². The first-order valence-corrected chi connectivity index (χ1v) is 9.41. The van der Waals surface area contributed by atoms with Gasteiger partial charge in [0.25, 0.3) is 5.91 Å². The molecule has 8 heteroatoms. The van der Waals surface area contributed by atoms with Gasteiger partial charge in [0.15, 0.2) is 0 Å². The van der Waals surface area contributed by atoms with E-state index in [0.717, 1.165) is 18.8 Å². The van der Waals surface area contributed by atoms with Crippen molar-refractivity contribution in [1.82, 2.24) is 14.7 Å². The van der Waals surface area contributed by atoms with E-state index in [4.69, 9.17) is 0 Å². The molecular formula is C19H27FN4O3. The number of halogens is 1. The molecule has 1 aromatic rings. The summed E-state index contributed by atoms with van der Waals surface area (Å²) in [6.07, 6.45) is -0.976. The van der Waals surface area contributed by atoms with Crippen LogP contribution in [-0.2, 0) is 9.59 Å². The number of aliphatic hydroxyl groups is 1. The van der Waals surface area contributed by atoms with Gasteiger partial charge in [-0.05, 0) is 31.2 Å². The summed E-state index contributed by atoms with van der Waals surface area (Å²) < 4.78 is 13.0. The summed E-state index contributed by atoms with van der Waals surface area (Å²) in [5.41, 5.74) is 0.974. The number of anilines is 1. The van der Waals surface area contributed by atoms with Crippen molar-refractivity contribution in [2.45, 2.75) is 13.0 Å². The van der Waals surface area contributed by atoms with Gasteiger partial charge in [0.05, 0.1) is 6.54 Å². The molecule has 27 heavy (non-hydrogen) atoms. The highest BCUT2D eigenvalue weighted by Gasteiger charge is 2.27. The number of benzene rings is 1. The smallest absolute Gasteiger partial charge is 0.251 e. The second-order valence-electron chi connectivity index (χ2n) is 7.12. The number of aliphatic hydroxyl groups excluding tert-OH is 1. The third-order valence-electron chi connectivity index (χ3n) is 5.22. The molecular weight excluding hydrogens is 351 g/mol. The van der Waals surface area contributed by atoms with Gasteiger partial charge < -0.3 is 19.8 Å². The topological polar surface area (TPSA) is 67.3 Å². The Labute approximate surface area is 158 Å². The quantitative estimate of drug-likeness (QED) is 0.799. The van der Waals surface area contributed by atoms with E-state index in [9.17, 15) is 19.1 Å². The Morgan fingerprint density at radius 3 is 2.07 bits per heavy atom. The zero-order chi connectivity index (χ0) is 19.4. The number of carbonyl (C=O) groups is 2. The van der Waals surface area contributed by atoms with E-state index in [0.29, 0.717) is 45.8 Å². The van der Waals surface area contributed by atoms with Crippen molar-refractivity contribution in [3.63, 3.8) is 0 Å². The molecule has 1 N–H and O–H groups in total. The zero-order valence-electron chi connectivity index (χ0n) is 15.7. The molecule has 148 valence electrons. The average molecular weight is 378 g/mol. The van der Waals surface area contributed by atoms with Crippen LogP contribution >= 0.6 is 0 Å². The normalized spacial score (nSPS) is 19.9. The first-order chi connectivity index (χ1) is 12.9. The number of hydrogen-bond donors (Lipinski definition) is 1. The maximum absolute atomic E-state index is 13.0. The first kappa shape index (κ1) is 19.6. The predicted octanol–water partition coefficient (Wildman–Crippen LogP) is -0.000700. The Hall–Kier alpha value is -2.19. The van der Waals surface area contributed by atoms with E-state index in [1.165, 1.54) is 19.1 Å². The molecule has 3 rings (SSSR count). The standard InChI is InChI=1S/C19H27FN4O3/c1-15(25)19(27)24-8-6-21(7-9-24)14-18(26)23-12-10-22(11-13-23)17-4-2-16(20)3-5-17/h2-5,15,25H,6-14H2,1H3. The molecule has 2 saturated heterocycles. The lowest BCUT2D eigenvalue weighted by Crippen LogP contribution is -2.55. The molecule has 2 aliphatic rings. The van der Waals surface area contributed by atoms with E-state index in [1.54, 1.807) is 17.0 Å². The molecule has 2 fully saturated rings. The van der Waals surface area contributed by atoms with Crippen molar-refractivity contribution in [3.8, 4) is 0 Å². The van der Waals surface area contributed by atoms with Crippen molar-refractivity contribution in [2.24, 2.45) is 0 Å². The number of hydrogen-bond acceptors (Lipinski definition) is 5. The lowest BCUT2D eigenvalue weighted by Gasteiger charge is -2.38. The molecule has 0 aromatic heterocycles. The van der Waals surface area contributed by atoms with Crippen LogP contribution in [0.15, 0.2) is 24.3 Å². The van der Waals surface area contributed by atoms with Crippen LogP contribution in [0, 0.1) is 5.82 Å². The first-order valence-electron chi connectivity index (χ1n) is 9.41. The zero-order valence-corrected chi connectivity index (χ0v) is 15.7. The molecule has 2 aliphatic heterocycles. The third kappa shape index (κ3) is 4.95. The van der Waals surface area contributed by atoms with Crippen molar-refractivity contribution < 1.29 is 19.1 Å². The molecule has 0 bridgehead atoms. The van der Waals surface area contributed by atoms with Crippen molar-refractivity contribution >= 4 is 17.5 Å². The number of carbonyl (C=O) groups excluding carboxylic acids is 2. The monoisotopic (exact) mass is 378 g/mol. The molecule has 1 aromatic carbocycles. The van der Waals surface area contributed by atoms with Crippen molar-refractivity contribution in [3.05, 3.63) is 30.1 Å². The molecule has 2 amide bonds. The second kappa shape index (κ2) is 8.67. The summed E-state index contributed by atoms with van der Waals surface area (Å²) >= 11 is 0. The summed E-state index contributed by atoms with van der Waals surface area (Å²) in [6, 6.07) is 6.44. The van der Waals surface area contributed by atoms with Gasteiger partial charge in [0, 0.05) is 58.0 Å². The fourth-order valence-corrected chi connectivity index (χ4v) is 3.55. The van der Waals surface area contributed by atoms with Gasteiger partial charge in [-0.25, -0.2) is 4.39 Å². The highest BCUT2D eigenvalue weighted by Crippen LogP contribution is 2.17. The van der Waals surface area contributed by atoms with E-state index in [2.05, 4.69) is 9.80 Å². The Morgan fingerprint density at radius 1 is 0.963 bits per heavy atom. The minimum Gasteiger partial charge on any atom is -0.384 e. The van der Waals surface area contributed by atoms with Crippen LogP contribution in [0.3, 0.4) is 0 Å². The molecule has 1 atom stereocenters. The van der Waals surface area contributed by atoms with Crippen LogP contribution in [0.5, 0.6) is 0 Å². The lowest BCUT2D eigenvalue weighted by atomic mass is 10.2. The molecule has 1 unspecified atom stereocenters. The Morgan fingerprint density at radius 2 is 1.52 bits per heavy atom. The van der Waals surface area contributed by atoms with Gasteiger partial charge in [-0.2, -0.15) is 0 Å². The number of rotatable bonds is 4. The summed E-state index contributed by atoms with van der Waals surface area (Å²) in [5.74, 6) is -0.398. The van der Waals surface area contributed by atoms with Gasteiger partial charge in [-0.1, -0.05) is 0 Å². The van der Waals surface area contributed by atoms with Crippen LogP contribution in [-0.4, -0.2) is 96.6 Å². The van der Waals surface area contributed by atoms with Gasteiger partial charge in [0.2, 0.25) is 5.91 Å². The molecule has 0 radical (unpaired) electrons. The van der Waals surface area contributed by atoms with Gasteiger partial charge in [-0.3, -0.25) is 14.5 Å². The minimum atomic E-state index is -0.976. The van der Waals surface area contributed by atoms with Crippen LogP contribution < -0.4 is 4.90 Å². The van der Waals surface area contributed by atoms with Gasteiger partial charge >= 0.3 is 0 Å². The highest BCUT2D eigenvalue weighted by molar-refractivity contribution is 5.80. The summed E-state index contributed by atoms with van der Waals surface area (Å²) in [6.45, 7) is 6.94. The summed E-state index contributed by atoms with van der Waals surface area (Å²) in [5, 5.41) is 9.38. The number of piperazine rings is 2. The number of nitrogens with zero attached hydrogens (tertiary/aromatic N) is 4. The molecule has 0 saturated carbocycles. The highest BCUT2D eigenvalue weighted by atomic mass is 19.1. The Kier molecular flexibility index (Phi) is 6.28. The maximum atomic E-state index is 13.0. The van der Waals surface area contributed by atoms with Gasteiger partial charge in [0.1, 0.15) is 11.9 Å². The molecule has 0 spiro atoms. The predicted molar refractivity (Wildman–Crippen MR) is 99.9 cm³/mol. The van der Waals surface area contributed by atoms with Crippen LogP contribution in [0.1, 0.15) is 6.92 Å². The SMILES string of the molecule is CC(O)C(=O)N1CCN(CC(=O)N2CCN(c3ccc(F)cc3)CC2)CC1. The minimum absolute atomic E-state index is 0.101. The lowest BCUT2D eigenvalue weighted by molar-refractivity contribution is -0.141. The Balaban J connectivity index is 1.42. The third-order valence-corrected chi connectivity index (χ3v) is 5.22.